The quantitative estimate of drug-likeness (QED) is 0.425. The molecule has 0 radical (unpaired) electrons. The van der Waals surface area contributed by atoms with Gasteiger partial charge in [-0.3, -0.25) is 0 Å². The van der Waals surface area contributed by atoms with E-state index in [1.165, 1.54) is 0 Å². The summed E-state index contributed by atoms with van der Waals surface area (Å²) in [5.74, 6) is 0. The summed E-state index contributed by atoms with van der Waals surface area (Å²) in [6.07, 6.45) is 3.93. The first kappa shape index (κ1) is 17.6. The van der Waals surface area contributed by atoms with Crippen molar-refractivity contribution in [3.63, 3.8) is 0 Å². The normalized spacial score (nSPS) is 13.9. The van der Waals surface area contributed by atoms with Gasteiger partial charge in [-0.2, -0.15) is 0 Å². The van der Waals surface area contributed by atoms with Gasteiger partial charge in [-0.15, -0.1) is 0 Å². The second kappa shape index (κ2) is 10.5. The van der Waals surface area contributed by atoms with Gasteiger partial charge in [0.1, 0.15) is 0 Å². The molecule has 0 fully saturated rings. The van der Waals surface area contributed by atoms with Crippen LogP contribution in [0.4, 0.5) is 0 Å². The van der Waals surface area contributed by atoms with Gasteiger partial charge in [-0.25, -0.2) is 0 Å². The minimum Gasteiger partial charge on any atom is -0.373 e. The molecule has 0 saturated carbocycles. The molecule has 3 nitrogen and oxygen atoms in total. The van der Waals surface area contributed by atoms with Crippen LogP contribution in [0.25, 0.3) is 0 Å². The summed E-state index contributed by atoms with van der Waals surface area (Å²) < 4.78 is 18.1. The fraction of sp³-hybridized carbons (Fsp3) is 1.00. The van der Waals surface area contributed by atoms with Crippen molar-refractivity contribution in [1.29, 1.82) is 0 Å². The first-order chi connectivity index (χ1) is 8.16. The van der Waals surface area contributed by atoms with Gasteiger partial charge in [0.2, 0.25) is 0 Å². The largest absolute Gasteiger partial charge is 0.515 e. The highest BCUT2D eigenvalue weighted by Gasteiger charge is 2.47. The van der Waals surface area contributed by atoms with Gasteiger partial charge in [-0.05, 0) is 25.7 Å². The molecule has 5 heteroatoms. The summed E-state index contributed by atoms with van der Waals surface area (Å²) in [4.78, 5) is 0. The third kappa shape index (κ3) is 6.34. The van der Waals surface area contributed by atoms with Gasteiger partial charge in [0.25, 0.3) is 0 Å². The Morgan fingerprint density at radius 3 is 1.41 bits per heavy atom. The Balaban J connectivity index is 4.63. The molecule has 17 heavy (non-hydrogen) atoms. The molecule has 1 unspecified atom stereocenters. The lowest BCUT2D eigenvalue weighted by molar-refractivity contribution is 0.0577. The Labute approximate surface area is 116 Å². The molecule has 0 rings (SSSR count). The molecule has 0 heterocycles. The molecule has 0 N–H and O–H groups in total. The van der Waals surface area contributed by atoms with E-state index in [-0.39, 0.29) is 4.45 Å². The Morgan fingerprint density at radius 1 is 0.824 bits per heavy atom. The van der Waals surface area contributed by atoms with E-state index in [0.29, 0.717) is 19.8 Å². The Kier molecular flexibility index (Phi) is 10.9. The maximum Gasteiger partial charge on any atom is 0.515 e. The lowest BCUT2D eigenvalue weighted by Crippen LogP contribution is -2.54. The van der Waals surface area contributed by atoms with Crippen LogP contribution in [0, 0.1) is 0 Å². The molecular weight excluding hydrogens is 300 g/mol. The minimum atomic E-state index is -2.55. The molecule has 0 bridgehead atoms. The van der Waals surface area contributed by atoms with Crippen molar-refractivity contribution in [2.24, 2.45) is 0 Å². The standard InChI is InChI=1S/C12H27BrO3Si/c1-5-9-14-17(12(13)8-4,15-10-6-2)16-11-7-3/h12H,5-11H2,1-4H3. The smallest absolute Gasteiger partial charge is 0.373 e. The van der Waals surface area contributed by atoms with E-state index in [2.05, 4.69) is 43.6 Å². The molecule has 0 aromatic rings. The lowest BCUT2D eigenvalue weighted by Gasteiger charge is -2.32. The van der Waals surface area contributed by atoms with E-state index in [0.717, 1.165) is 25.7 Å². The van der Waals surface area contributed by atoms with Crippen LogP contribution >= 0.6 is 15.9 Å². The summed E-state index contributed by atoms with van der Waals surface area (Å²) in [5.41, 5.74) is 0. The van der Waals surface area contributed by atoms with Crippen molar-refractivity contribution in [1.82, 2.24) is 0 Å². The molecule has 0 aliphatic heterocycles. The molecule has 0 aliphatic rings. The van der Waals surface area contributed by atoms with Crippen LogP contribution in [0.3, 0.4) is 0 Å². The van der Waals surface area contributed by atoms with Crippen molar-refractivity contribution in [3.05, 3.63) is 0 Å². The number of rotatable bonds is 11. The fourth-order valence-electron chi connectivity index (χ4n) is 1.38. The highest BCUT2D eigenvalue weighted by atomic mass is 79.9. The zero-order valence-electron chi connectivity index (χ0n) is 11.6. The van der Waals surface area contributed by atoms with Crippen molar-refractivity contribution in [2.75, 3.05) is 19.8 Å². The average molecular weight is 327 g/mol. The second-order valence-corrected chi connectivity index (χ2v) is 8.75. The molecule has 1 atom stereocenters. The SMILES string of the molecule is CCCO[Si](OCCC)(OCCC)C(Br)CC. The van der Waals surface area contributed by atoms with Crippen molar-refractivity contribution in [3.8, 4) is 0 Å². The highest BCUT2D eigenvalue weighted by molar-refractivity contribution is 9.10. The molecule has 104 valence electrons. The zero-order valence-corrected chi connectivity index (χ0v) is 14.2. The number of alkyl halides is 1. The maximum absolute atomic E-state index is 5.98. The first-order valence-corrected chi connectivity index (χ1v) is 9.44. The third-order valence-electron chi connectivity index (χ3n) is 2.26. The topological polar surface area (TPSA) is 27.7 Å². The molecule has 0 aromatic carbocycles. The average Bonchev–Trinajstić information content (AvgIpc) is 2.37. The Bertz CT molecular complexity index is 159. The van der Waals surface area contributed by atoms with E-state index in [1.807, 2.05) is 0 Å². The van der Waals surface area contributed by atoms with Crippen LogP contribution in [-0.4, -0.2) is 33.1 Å². The van der Waals surface area contributed by atoms with E-state index >= 15 is 0 Å². The van der Waals surface area contributed by atoms with Gasteiger partial charge in [0.05, 0.1) is 4.45 Å². The van der Waals surface area contributed by atoms with Crippen LogP contribution in [0.2, 0.25) is 0 Å². The number of hydrogen-bond acceptors (Lipinski definition) is 3. The Hall–Kier alpha value is 0.577. The van der Waals surface area contributed by atoms with Crippen molar-refractivity contribution >= 4 is 24.7 Å². The third-order valence-corrected chi connectivity index (χ3v) is 7.59. The minimum absolute atomic E-state index is 0.194. The maximum atomic E-state index is 5.98. The van der Waals surface area contributed by atoms with Crippen LogP contribution in [-0.2, 0) is 13.3 Å². The van der Waals surface area contributed by atoms with Gasteiger partial charge >= 0.3 is 8.80 Å². The van der Waals surface area contributed by atoms with Gasteiger partial charge in [-0.1, -0.05) is 43.6 Å². The zero-order chi connectivity index (χ0) is 13.1. The number of halogens is 1. The second-order valence-electron chi connectivity index (χ2n) is 4.02. The molecular formula is C12H27BrO3Si. The van der Waals surface area contributed by atoms with E-state index in [4.69, 9.17) is 13.3 Å². The summed E-state index contributed by atoms with van der Waals surface area (Å²) in [6, 6.07) is 0. The van der Waals surface area contributed by atoms with Crippen LogP contribution < -0.4 is 0 Å². The fourth-order valence-corrected chi connectivity index (χ4v) is 5.33. The molecule has 0 aromatic heterocycles. The summed E-state index contributed by atoms with van der Waals surface area (Å²) >= 11 is 3.68. The van der Waals surface area contributed by atoms with Crippen molar-refractivity contribution in [2.45, 2.75) is 57.8 Å². The summed E-state index contributed by atoms with van der Waals surface area (Å²) in [7, 11) is -2.55. The monoisotopic (exact) mass is 326 g/mol. The molecule has 0 aliphatic carbocycles. The van der Waals surface area contributed by atoms with E-state index in [9.17, 15) is 0 Å². The van der Waals surface area contributed by atoms with Crippen LogP contribution in [0.5, 0.6) is 0 Å². The number of hydrogen-bond donors (Lipinski definition) is 0. The predicted molar refractivity (Wildman–Crippen MR) is 77.5 cm³/mol. The summed E-state index contributed by atoms with van der Waals surface area (Å²) in [5, 5.41) is 0. The molecule has 0 amide bonds. The molecule has 0 spiro atoms. The highest BCUT2D eigenvalue weighted by Crippen LogP contribution is 2.24. The van der Waals surface area contributed by atoms with Gasteiger partial charge < -0.3 is 13.3 Å². The Morgan fingerprint density at radius 2 is 1.18 bits per heavy atom. The first-order valence-electron chi connectivity index (χ1n) is 6.72. The lowest BCUT2D eigenvalue weighted by atomic mass is 10.5. The van der Waals surface area contributed by atoms with Gasteiger partial charge in [0.15, 0.2) is 0 Å². The van der Waals surface area contributed by atoms with Gasteiger partial charge in [0, 0.05) is 19.8 Å². The van der Waals surface area contributed by atoms with E-state index < -0.39 is 8.80 Å². The predicted octanol–water partition coefficient (Wildman–Crippen LogP) is 3.92. The summed E-state index contributed by atoms with van der Waals surface area (Å²) in [6.45, 7) is 10.6. The van der Waals surface area contributed by atoms with Crippen LogP contribution in [0.15, 0.2) is 0 Å². The van der Waals surface area contributed by atoms with E-state index in [1.54, 1.807) is 0 Å². The van der Waals surface area contributed by atoms with Crippen molar-refractivity contribution < 1.29 is 13.3 Å². The van der Waals surface area contributed by atoms with Crippen LogP contribution in [0.1, 0.15) is 53.4 Å². The molecule has 0 saturated heterocycles.